The van der Waals surface area contributed by atoms with Gasteiger partial charge in [-0.15, -0.1) is 0 Å². The fourth-order valence-electron chi connectivity index (χ4n) is 3.21. The topological polar surface area (TPSA) is 59.0 Å². The van der Waals surface area contributed by atoms with Gasteiger partial charge in [-0.2, -0.15) is 5.10 Å². The van der Waals surface area contributed by atoms with Crippen LogP contribution >= 0.6 is 0 Å². The van der Waals surface area contributed by atoms with Gasteiger partial charge in [0.1, 0.15) is 5.82 Å². The van der Waals surface area contributed by atoms with Gasteiger partial charge in [-0.1, -0.05) is 75.4 Å². The molecule has 5 heteroatoms. The highest BCUT2D eigenvalue weighted by Crippen LogP contribution is 2.27. The molecule has 0 bridgehead atoms. The first kappa shape index (κ1) is 18.7. The van der Waals surface area contributed by atoms with Crippen molar-refractivity contribution in [3.05, 3.63) is 84.6 Å². The third kappa shape index (κ3) is 3.99. The van der Waals surface area contributed by atoms with Crippen LogP contribution < -0.4 is 10.6 Å². The molecule has 2 N–H and O–H groups in total. The van der Waals surface area contributed by atoms with Crippen LogP contribution in [0.3, 0.4) is 0 Å². The standard InChI is InChI=1S/C24H24N4O/c1-24(2,3)21-16-22(28(27-21)18-12-5-4-6-13-18)26-23(29)25-20-15-9-11-17-10-7-8-14-19(17)20/h4-16H,1-3H3,(H2,25,26,29). The Bertz CT molecular complexity index is 1150. The molecule has 0 radical (unpaired) electrons. The number of nitrogens with one attached hydrogen (secondary N) is 2. The minimum Gasteiger partial charge on any atom is -0.307 e. The lowest BCUT2D eigenvalue weighted by Gasteiger charge is -2.14. The first-order chi connectivity index (χ1) is 13.9. The number of carbonyl (C=O) groups excluding carboxylic acids is 1. The molecular weight excluding hydrogens is 360 g/mol. The van der Waals surface area contributed by atoms with Crippen molar-refractivity contribution in [2.45, 2.75) is 26.2 Å². The molecule has 29 heavy (non-hydrogen) atoms. The lowest BCUT2D eigenvalue weighted by molar-refractivity contribution is 0.262. The average molecular weight is 384 g/mol. The van der Waals surface area contributed by atoms with Crippen LogP contribution in [-0.4, -0.2) is 15.8 Å². The summed E-state index contributed by atoms with van der Waals surface area (Å²) < 4.78 is 1.77. The predicted molar refractivity (Wildman–Crippen MR) is 119 cm³/mol. The molecule has 146 valence electrons. The summed E-state index contributed by atoms with van der Waals surface area (Å²) in [7, 11) is 0. The highest BCUT2D eigenvalue weighted by Gasteiger charge is 2.21. The quantitative estimate of drug-likeness (QED) is 0.457. The number of fused-ring (bicyclic) bond motifs is 1. The Labute approximate surface area is 170 Å². The van der Waals surface area contributed by atoms with Gasteiger partial charge < -0.3 is 5.32 Å². The summed E-state index contributed by atoms with van der Waals surface area (Å²) in [6, 6.07) is 25.2. The highest BCUT2D eigenvalue weighted by molar-refractivity contribution is 6.06. The zero-order valence-corrected chi connectivity index (χ0v) is 16.8. The van der Waals surface area contributed by atoms with Crippen LogP contribution in [0.5, 0.6) is 0 Å². The third-order valence-corrected chi connectivity index (χ3v) is 4.76. The third-order valence-electron chi connectivity index (χ3n) is 4.76. The van der Waals surface area contributed by atoms with Crippen molar-refractivity contribution in [3.63, 3.8) is 0 Å². The number of nitrogens with zero attached hydrogens (tertiary/aromatic N) is 2. The molecule has 0 aliphatic heterocycles. The molecule has 0 saturated heterocycles. The fraction of sp³-hybridized carbons (Fsp3) is 0.167. The Hall–Kier alpha value is -3.60. The Kier molecular flexibility index (Phi) is 4.80. The van der Waals surface area contributed by atoms with E-state index in [4.69, 9.17) is 5.10 Å². The van der Waals surface area contributed by atoms with E-state index in [1.54, 1.807) is 4.68 Å². The zero-order valence-electron chi connectivity index (χ0n) is 16.8. The van der Waals surface area contributed by atoms with Gasteiger partial charge in [0.25, 0.3) is 0 Å². The normalized spacial score (nSPS) is 11.4. The number of hydrogen-bond acceptors (Lipinski definition) is 2. The summed E-state index contributed by atoms with van der Waals surface area (Å²) in [6.45, 7) is 6.31. The summed E-state index contributed by atoms with van der Waals surface area (Å²) in [6.07, 6.45) is 0. The number of para-hydroxylation sites is 1. The van der Waals surface area contributed by atoms with Gasteiger partial charge in [0.05, 0.1) is 17.1 Å². The smallest absolute Gasteiger partial charge is 0.307 e. The predicted octanol–water partition coefficient (Wildman–Crippen LogP) is 5.97. The van der Waals surface area contributed by atoms with E-state index in [9.17, 15) is 4.79 Å². The molecule has 0 saturated carbocycles. The molecule has 1 aromatic heterocycles. The number of amides is 2. The number of rotatable bonds is 3. The summed E-state index contributed by atoms with van der Waals surface area (Å²) in [5.74, 6) is 0.624. The minimum absolute atomic E-state index is 0.136. The van der Waals surface area contributed by atoms with Crippen LogP contribution in [0.25, 0.3) is 16.5 Å². The minimum atomic E-state index is -0.307. The molecule has 2 amide bonds. The van der Waals surface area contributed by atoms with Gasteiger partial charge in [-0.05, 0) is 23.6 Å². The number of aromatic nitrogens is 2. The Morgan fingerprint density at radius 3 is 2.31 bits per heavy atom. The largest absolute Gasteiger partial charge is 0.324 e. The first-order valence-corrected chi connectivity index (χ1v) is 9.63. The van der Waals surface area contributed by atoms with Crippen molar-refractivity contribution in [1.29, 1.82) is 0 Å². The first-order valence-electron chi connectivity index (χ1n) is 9.63. The van der Waals surface area contributed by atoms with E-state index >= 15 is 0 Å². The van der Waals surface area contributed by atoms with E-state index in [0.717, 1.165) is 27.8 Å². The van der Waals surface area contributed by atoms with E-state index in [2.05, 4.69) is 31.4 Å². The molecule has 0 fully saturated rings. The van der Waals surface area contributed by atoms with Gasteiger partial charge in [-0.25, -0.2) is 9.48 Å². The summed E-state index contributed by atoms with van der Waals surface area (Å²) in [5, 5.41) is 12.7. The average Bonchev–Trinajstić information content (AvgIpc) is 3.13. The lowest BCUT2D eigenvalue weighted by Crippen LogP contribution is -2.21. The van der Waals surface area contributed by atoms with Gasteiger partial charge in [0, 0.05) is 16.9 Å². The second-order valence-electron chi connectivity index (χ2n) is 8.02. The van der Waals surface area contributed by atoms with Crippen molar-refractivity contribution in [3.8, 4) is 5.69 Å². The van der Waals surface area contributed by atoms with Crippen LogP contribution in [0.1, 0.15) is 26.5 Å². The van der Waals surface area contributed by atoms with Crippen LogP contribution in [0.4, 0.5) is 16.3 Å². The number of carbonyl (C=O) groups is 1. The van der Waals surface area contributed by atoms with Gasteiger partial charge >= 0.3 is 6.03 Å². The summed E-state index contributed by atoms with van der Waals surface area (Å²) >= 11 is 0. The Balaban J connectivity index is 1.64. The number of benzene rings is 3. The second-order valence-corrected chi connectivity index (χ2v) is 8.02. The highest BCUT2D eigenvalue weighted by atomic mass is 16.2. The van der Waals surface area contributed by atoms with E-state index in [1.807, 2.05) is 78.9 Å². The van der Waals surface area contributed by atoms with Crippen molar-refractivity contribution in [2.75, 3.05) is 10.6 Å². The summed E-state index contributed by atoms with van der Waals surface area (Å²) in [4.78, 5) is 12.8. The molecule has 0 aliphatic carbocycles. The SMILES string of the molecule is CC(C)(C)c1cc(NC(=O)Nc2cccc3ccccc23)n(-c2ccccc2)n1. The molecule has 0 unspecified atom stereocenters. The van der Waals surface area contributed by atoms with Gasteiger partial charge in [0.2, 0.25) is 0 Å². The van der Waals surface area contributed by atoms with Crippen LogP contribution in [0.2, 0.25) is 0 Å². The number of anilines is 2. The maximum Gasteiger partial charge on any atom is 0.324 e. The van der Waals surface area contributed by atoms with Gasteiger partial charge in [0.15, 0.2) is 0 Å². The van der Waals surface area contributed by atoms with Gasteiger partial charge in [-0.3, -0.25) is 5.32 Å². The van der Waals surface area contributed by atoms with Crippen LogP contribution in [-0.2, 0) is 5.41 Å². The van der Waals surface area contributed by atoms with Crippen molar-refractivity contribution in [2.24, 2.45) is 0 Å². The molecule has 1 heterocycles. The lowest BCUT2D eigenvalue weighted by atomic mass is 9.92. The van der Waals surface area contributed by atoms with Crippen molar-refractivity contribution in [1.82, 2.24) is 9.78 Å². The monoisotopic (exact) mass is 384 g/mol. The molecular formula is C24H24N4O. The van der Waals surface area contributed by atoms with E-state index in [1.165, 1.54) is 0 Å². The molecule has 4 aromatic rings. The molecule has 4 rings (SSSR count). The molecule has 0 atom stereocenters. The zero-order chi connectivity index (χ0) is 20.4. The second kappa shape index (κ2) is 7.43. The van der Waals surface area contributed by atoms with E-state index in [-0.39, 0.29) is 11.4 Å². The Morgan fingerprint density at radius 1 is 0.862 bits per heavy atom. The fourth-order valence-corrected chi connectivity index (χ4v) is 3.21. The van der Waals surface area contributed by atoms with E-state index in [0.29, 0.717) is 5.82 Å². The molecule has 0 spiro atoms. The van der Waals surface area contributed by atoms with Crippen molar-refractivity contribution < 1.29 is 4.79 Å². The molecule has 3 aromatic carbocycles. The Morgan fingerprint density at radius 2 is 1.55 bits per heavy atom. The maximum atomic E-state index is 12.8. The maximum absolute atomic E-state index is 12.8. The van der Waals surface area contributed by atoms with Crippen LogP contribution in [0, 0.1) is 0 Å². The molecule has 0 aliphatic rings. The number of hydrogen-bond donors (Lipinski definition) is 2. The number of urea groups is 1. The van der Waals surface area contributed by atoms with Crippen molar-refractivity contribution >= 4 is 28.3 Å². The molecule has 5 nitrogen and oxygen atoms in total. The van der Waals surface area contributed by atoms with E-state index < -0.39 is 0 Å². The summed E-state index contributed by atoms with van der Waals surface area (Å²) in [5.41, 5.74) is 2.43. The van der Waals surface area contributed by atoms with Crippen LogP contribution in [0.15, 0.2) is 78.9 Å².